The minimum atomic E-state index is -1.07. The molecule has 0 amide bonds. The number of anilines is 3. The number of hydrogen-bond donors (Lipinski definition) is 2. The first-order valence-corrected chi connectivity index (χ1v) is 14.9. The molecule has 2 aromatic heterocycles. The summed E-state index contributed by atoms with van der Waals surface area (Å²) in [6.07, 6.45) is 6.78. The van der Waals surface area contributed by atoms with Crippen molar-refractivity contribution in [3.8, 4) is 12.1 Å². The van der Waals surface area contributed by atoms with Gasteiger partial charge in [-0.2, -0.15) is 10.5 Å². The van der Waals surface area contributed by atoms with E-state index in [2.05, 4.69) is 36.9 Å². The molecule has 1 fully saturated rings. The molecule has 0 unspecified atom stereocenters. The average molecular weight is 624 g/mol. The van der Waals surface area contributed by atoms with Gasteiger partial charge in [0.15, 0.2) is 5.82 Å². The molecule has 0 radical (unpaired) electrons. The van der Waals surface area contributed by atoms with Gasteiger partial charge in [-0.3, -0.25) is 9.67 Å². The lowest BCUT2D eigenvalue weighted by Gasteiger charge is -2.21. The van der Waals surface area contributed by atoms with Crippen molar-refractivity contribution in [1.29, 1.82) is 10.5 Å². The highest BCUT2D eigenvalue weighted by molar-refractivity contribution is 6.32. The number of benzene rings is 3. The zero-order valence-corrected chi connectivity index (χ0v) is 24.9. The van der Waals surface area contributed by atoms with E-state index in [0.717, 1.165) is 44.2 Å². The maximum Gasteiger partial charge on any atom is 0.167 e. The Morgan fingerprint density at radius 3 is 2.53 bits per heavy atom. The van der Waals surface area contributed by atoms with Crippen LogP contribution in [-0.4, -0.2) is 44.5 Å². The molecular formula is C33H28ClF2N9. The van der Waals surface area contributed by atoms with Gasteiger partial charge in [0, 0.05) is 23.2 Å². The lowest BCUT2D eigenvalue weighted by molar-refractivity contribution is 0.321. The molecule has 1 atom stereocenters. The first-order valence-electron chi connectivity index (χ1n) is 14.6. The molecule has 5 aromatic rings. The minimum Gasteiger partial charge on any atom is -0.371 e. The van der Waals surface area contributed by atoms with Gasteiger partial charge in [0.25, 0.3) is 0 Å². The second-order valence-corrected chi connectivity index (χ2v) is 11.3. The Hall–Kier alpha value is -5.10. The summed E-state index contributed by atoms with van der Waals surface area (Å²) in [6.45, 7) is 4.07. The zero-order chi connectivity index (χ0) is 31.3. The van der Waals surface area contributed by atoms with Crippen LogP contribution in [0.1, 0.15) is 47.7 Å². The van der Waals surface area contributed by atoms with Gasteiger partial charge in [-0.1, -0.05) is 47.1 Å². The van der Waals surface area contributed by atoms with Crippen molar-refractivity contribution in [1.82, 2.24) is 24.9 Å². The fraction of sp³-hybridized carbons (Fsp3) is 0.242. The van der Waals surface area contributed by atoms with Crippen molar-refractivity contribution in [3.63, 3.8) is 0 Å². The molecule has 0 spiro atoms. The Labute approximate surface area is 263 Å². The SMILES string of the molecule is N#Cc1cnc2c(N[C@@H](c3ccccc3)c3cn(CCCN4CCCC4)nn3)cc(Cl)cc2c1Nc1ccc(F)c(C#N)c1F. The van der Waals surface area contributed by atoms with Crippen molar-refractivity contribution in [3.05, 3.63) is 106 Å². The quantitative estimate of drug-likeness (QED) is 0.172. The monoisotopic (exact) mass is 623 g/mol. The molecule has 3 aromatic carbocycles. The van der Waals surface area contributed by atoms with Crippen LogP contribution in [0, 0.1) is 34.3 Å². The number of rotatable bonds is 10. The molecule has 6 rings (SSSR count). The van der Waals surface area contributed by atoms with Gasteiger partial charge in [0.2, 0.25) is 0 Å². The Bertz CT molecular complexity index is 1930. The van der Waals surface area contributed by atoms with Crippen LogP contribution in [0.2, 0.25) is 5.02 Å². The number of nitrogens with one attached hydrogen (secondary N) is 2. The van der Waals surface area contributed by atoms with E-state index in [9.17, 15) is 14.9 Å². The smallest absolute Gasteiger partial charge is 0.167 e. The van der Waals surface area contributed by atoms with Crippen LogP contribution in [0.4, 0.5) is 25.8 Å². The van der Waals surface area contributed by atoms with E-state index in [-0.39, 0.29) is 16.9 Å². The molecule has 1 aliphatic rings. The molecule has 0 bridgehead atoms. The van der Waals surface area contributed by atoms with Crippen molar-refractivity contribution < 1.29 is 8.78 Å². The van der Waals surface area contributed by atoms with Crippen LogP contribution in [0.15, 0.2) is 67.0 Å². The second-order valence-electron chi connectivity index (χ2n) is 10.8. The number of aromatic nitrogens is 4. The predicted molar refractivity (Wildman–Crippen MR) is 168 cm³/mol. The molecule has 1 aliphatic heterocycles. The summed E-state index contributed by atoms with van der Waals surface area (Å²) in [5.74, 6) is -2.05. The largest absolute Gasteiger partial charge is 0.371 e. The molecule has 0 saturated carbocycles. The Morgan fingerprint density at radius 1 is 0.978 bits per heavy atom. The molecule has 1 saturated heterocycles. The van der Waals surface area contributed by atoms with E-state index in [0.29, 0.717) is 27.3 Å². The topological polar surface area (TPSA) is 118 Å². The Morgan fingerprint density at radius 2 is 1.78 bits per heavy atom. The Balaban J connectivity index is 1.36. The van der Waals surface area contributed by atoms with E-state index in [1.165, 1.54) is 31.2 Å². The van der Waals surface area contributed by atoms with Crippen LogP contribution >= 0.6 is 11.6 Å². The maximum atomic E-state index is 15.0. The zero-order valence-electron chi connectivity index (χ0n) is 24.1. The van der Waals surface area contributed by atoms with E-state index >= 15 is 4.39 Å². The molecule has 9 nitrogen and oxygen atoms in total. The molecule has 3 heterocycles. The number of nitrogens with zero attached hydrogens (tertiary/aromatic N) is 7. The average Bonchev–Trinajstić information content (AvgIpc) is 3.75. The van der Waals surface area contributed by atoms with Crippen LogP contribution in [-0.2, 0) is 6.54 Å². The standard InChI is InChI=1S/C33H28ClF2N9/c34-23-15-24-31(40-27-10-9-26(35)25(18-38)30(27)36)22(17-37)19-39-33(24)28(16-23)41-32(21-7-2-1-3-8-21)29-20-45(43-42-29)14-6-13-44-11-4-5-12-44/h1-3,7-10,15-16,19-20,32,41H,4-6,11-14H2,(H,39,40)/t32-/m0/s1. The second kappa shape index (κ2) is 13.3. The van der Waals surface area contributed by atoms with Gasteiger partial charge >= 0.3 is 0 Å². The van der Waals surface area contributed by atoms with Crippen LogP contribution in [0.3, 0.4) is 0 Å². The van der Waals surface area contributed by atoms with E-state index < -0.39 is 23.2 Å². The van der Waals surface area contributed by atoms with Gasteiger partial charge in [-0.05, 0) is 68.7 Å². The number of hydrogen-bond acceptors (Lipinski definition) is 8. The lowest BCUT2D eigenvalue weighted by Crippen LogP contribution is -2.21. The number of fused-ring (bicyclic) bond motifs is 1. The van der Waals surface area contributed by atoms with Gasteiger partial charge in [0.05, 0.1) is 40.4 Å². The number of nitriles is 2. The summed E-state index contributed by atoms with van der Waals surface area (Å²) in [6, 6.07) is 18.4. The van der Waals surface area contributed by atoms with E-state index in [1.54, 1.807) is 12.1 Å². The molecular weight excluding hydrogens is 596 g/mol. The molecule has 0 aliphatic carbocycles. The van der Waals surface area contributed by atoms with E-state index in [4.69, 9.17) is 11.6 Å². The minimum absolute atomic E-state index is 0.106. The highest BCUT2D eigenvalue weighted by atomic mass is 35.5. The summed E-state index contributed by atoms with van der Waals surface area (Å²) >= 11 is 6.60. The number of halogens is 3. The highest BCUT2D eigenvalue weighted by Crippen LogP contribution is 2.38. The molecule has 2 N–H and O–H groups in total. The lowest BCUT2D eigenvalue weighted by atomic mass is 10.0. The van der Waals surface area contributed by atoms with Gasteiger partial charge in [-0.15, -0.1) is 5.10 Å². The number of likely N-dealkylation sites (tertiary alicyclic amines) is 1. The summed E-state index contributed by atoms with van der Waals surface area (Å²) in [4.78, 5) is 7.02. The third kappa shape index (κ3) is 6.41. The molecule has 45 heavy (non-hydrogen) atoms. The van der Waals surface area contributed by atoms with Crippen molar-refractivity contribution in [2.24, 2.45) is 0 Å². The highest BCUT2D eigenvalue weighted by Gasteiger charge is 2.22. The number of pyridine rings is 1. The third-order valence-corrected chi connectivity index (χ3v) is 8.08. The number of aryl methyl sites for hydroxylation is 1. The molecule has 226 valence electrons. The van der Waals surface area contributed by atoms with Crippen LogP contribution < -0.4 is 10.6 Å². The summed E-state index contributed by atoms with van der Waals surface area (Å²) in [7, 11) is 0. The van der Waals surface area contributed by atoms with Gasteiger partial charge in [-0.25, -0.2) is 8.78 Å². The van der Waals surface area contributed by atoms with Crippen molar-refractivity contribution >= 4 is 39.6 Å². The Kier molecular flexibility index (Phi) is 8.83. The van der Waals surface area contributed by atoms with Gasteiger partial charge < -0.3 is 15.5 Å². The van der Waals surface area contributed by atoms with Gasteiger partial charge in [0.1, 0.15) is 29.2 Å². The fourth-order valence-corrected chi connectivity index (χ4v) is 5.85. The maximum absolute atomic E-state index is 15.0. The normalized spacial score (nSPS) is 13.8. The third-order valence-electron chi connectivity index (χ3n) is 7.86. The fourth-order valence-electron chi connectivity index (χ4n) is 5.63. The summed E-state index contributed by atoms with van der Waals surface area (Å²) in [5.41, 5.74) is 2.03. The first kappa shape index (κ1) is 29.9. The predicted octanol–water partition coefficient (Wildman–Crippen LogP) is 6.93. The van der Waals surface area contributed by atoms with Crippen molar-refractivity contribution in [2.75, 3.05) is 30.3 Å². The van der Waals surface area contributed by atoms with E-state index in [1.807, 2.05) is 41.2 Å². The van der Waals surface area contributed by atoms with Crippen LogP contribution in [0.5, 0.6) is 0 Å². The summed E-state index contributed by atoms with van der Waals surface area (Å²) < 4.78 is 30.9. The van der Waals surface area contributed by atoms with Crippen molar-refractivity contribution in [2.45, 2.75) is 31.8 Å². The first-order chi connectivity index (χ1) is 21.9. The van der Waals surface area contributed by atoms with Crippen LogP contribution in [0.25, 0.3) is 10.9 Å². The molecule has 12 heteroatoms. The summed E-state index contributed by atoms with van der Waals surface area (Å²) in [5, 5.41) is 35.2.